The van der Waals surface area contributed by atoms with Crippen LogP contribution in [-0.4, -0.2) is 17.9 Å². The van der Waals surface area contributed by atoms with Crippen molar-refractivity contribution < 1.29 is 9.18 Å². The fraction of sp³-hybridized carbons (Fsp3) is 0.0769. The number of carbonyl (C=O) groups excluding carboxylic acids is 1. The van der Waals surface area contributed by atoms with Gasteiger partial charge in [0.1, 0.15) is 11.6 Å². The van der Waals surface area contributed by atoms with Crippen LogP contribution >= 0.6 is 27.5 Å². The number of aromatic nitrogens is 1. The van der Waals surface area contributed by atoms with Gasteiger partial charge in [0.05, 0.1) is 9.50 Å². The molecule has 0 N–H and O–H groups in total. The Morgan fingerprint density at radius 3 is 2.68 bits per heavy atom. The number of amides is 1. The van der Waals surface area contributed by atoms with Gasteiger partial charge in [0.2, 0.25) is 0 Å². The van der Waals surface area contributed by atoms with Gasteiger partial charge in [-0.15, -0.1) is 0 Å². The number of carbonyl (C=O) groups is 1. The first-order valence-electron chi connectivity index (χ1n) is 5.33. The first-order chi connectivity index (χ1) is 8.99. The monoisotopic (exact) mass is 342 g/mol. The van der Waals surface area contributed by atoms with E-state index in [9.17, 15) is 9.18 Å². The lowest BCUT2D eigenvalue weighted by molar-refractivity contribution is 0.0992. The number of hydrogen-bond acceptors (Lipinski definition) is 2. The van der Waals surface area contributed by atoms with Crippen molar-refractivity contribution in [3.63, 3.8) is 0 Å². The zero-order valence-electron chi connectivity index (χ0n) is 9.90. The van der Waals surface area contributed by atoms with Crippen LogP contribution in [0.15, 0.2) is 41.0 Å². The van der Waals surface area contributed by atoms with E-state index in [1.54, 1.807) is 25.2 Å². The second-order valence-electron chi connectivity index (χ2n) is 3.83. The summed E-state index contributed by atoms with van der Waals surface area (Å²) in [6, 6.07) is 7.47. The van der Waals surface area contributed by atoms with Crippen LogP contribution in [0, 0.1) is 5.82 Å². The maximum absolute atomic E-state index is 13.4. The maximum Gasteiger partial charge on any atom is 0.259 e. The summed E-state index contributed by atoms with van der Waals surface area (Å²) < 4.78 is 13.7. The first kappa shape index (κ1) is 14.0. The molecule has 0 saturated heterocycles. The second kappa shape index (κ2) is 5.67. The van der Waals surface area contributed by atoms with E-state index >= 15 is 0 Å². The van der Waals surface area contributed by atoms with Crippen molar-refractivity contribution >= 4 is 39.3 Å². The van der Waals surface area contributed by atoms with Crippen LogP contribution in [0.3, 0.4) is 0 Å². The Morgan fingerprint density at radius 2 is 2.11 bits per heavy atom. The number of hydrogen-bond donors (Lipinski definition) is 0. The summed E-state index contributed by atoms with van der Waals surface area (Å²) in [6.07, 6.45) is 1.45. The predicted molar refractivity (Wildman–Crippen MR) is 76.1 cm³/mol. The predicted octanol–water partition coefficient (Wildman–Crippen LogP) is 3.91. The van der Waals surface area contributed by atoms with Gasteiger partial charge in [-0.25, -0.2) is 9.37 Å². The van der Waals surface area contributed by atoms with E-state index in [-0.39, 0.29) is 11.5 Å². The molecule has 0 aliphatic carbocycles. The van der Waals surface area contributed by atoms with Crippen LogP contribution < -0.4 is 4.90 Å². The van der Waals surface area contributed by atoms with Gasteiger partial charge in [0.25, 0.3) is 5.91 Å². The van der Waals surface area contributed by atoms with E-state index in [0.29, 0.717) is 15.3 Å². The number of halogens is 3. The molecule has 0 spiro atoms. The SMILES string of the molecule is CN(C(=O)c1ccc(Br)c(F)c1)c1ccc(Cl)cn1. The summed E-state index contributed by atoms with van der Waals surface area (Å²) in [7, 11) is 1.57. The topological polar surface area (TPSA) is 33.2 Å². The summed E-state index contributed by atoms with van der Waals surface area (Å²) in [5.41, 5.74) is 0.250. The summed E-state index contributed by atoms with van der Waals surface area (Å²) in [6.45, 7) is 0. The molecule has 0 unspecified atom stereocenters. The van der Waals surface area contributed by atoms with E-state index in [0.717, 1.165) is 0 Å². The van der Waals surface area contributed by atoms with Gasteiger partial charge in [-0.05, 0) is 46.3 Å². The molecule has 0 aliphatic rings. The van der Waals surface area contributed by atoms with Crippen molar-refractivity contribution in [1.29, 1.82) is 0 Å². The molecule has 1 aromatic carbocycles. The molecule has 0 radical (unpaired) electrons. The van der Waals surface area contributed by atoms with E-state index < -0.39 is 5.82 Å². The highest BCUT2D eigenvalue weighted by Crippen LogP contribution is 2.19. The molecule has 1 aromatic heterocycles. The van der Waals surface area contributed by atoms with Gasteiger partial charge >= 0.3 is 0 Å². The third-order valence-electron chi connectivity index (χ3n) is 2.53. The molecular weight excluding hydrogens is 335 g/mol. The number of benzene rings is 1. The highest BCUT2D eigenvalue weighted by Gasteiger charge is 2.15. The average Bonchev–Trinajstić information content (AvgIpc) is 2.41. The molecule has 0 bridgehead atoms. The Morgan fingerprint density at radius 1 is 1.37 bits per heavy atom. The molecule has 3 nitrogen and oxygen atoms in total. The number of pyridine rings is 1. The van der Waals surface area contributed by atoms with Crippen LogP contribution in [-0.2, 0) is 0 Å². The van der Waals surface area contributed by atoms with Crippen molar-refractivity contribution in [2.45, 2.75) is 0 Å². The molecule has 0 saturated carbocycles. The number of anilines is 1. The van der Waals surface area contributed by atoms with Crippen LogP contribution in [0.5, 0.6) is 0 Å². The zero-order chi connectivity index (χ0) is 14.0. The van der Waals surface area contributed by atoms with E-state index in [1.807, 2.05) is 0 Å². The fourth-order valence-corrected chi connectivity index (χ4v) is 1.85. The lowest BCUT2D eigenvalue weighted by Crippen LogP contribution is -2.27. The molecule has 2 aromatic rings. The zero-order valence-corrected chi connectivity index (χ0v) is 12.2. The molecule has 1 heterocycles. The molecule has 98 valence electrons. The summed E-state index contributed by atoms with van der Waals surface area (Å²) in [5.74, 6) is -0.387. The standard InChI is InChI=1S/C13H9BrClFN2O/c1-18(12-5-3-9(15)7-17-12)13(19)8-2-4-10(14)11(16)6-8/h2-7H,1H3. The molecular formula is C13H9BrClFN2O. The van der Waals surface area contributed by atoms with E-state index in [2.05, 4.69) is 20.9 Å². The number of nitrogens with zero attached hydrogens (tertiary/aromatic N) is 2. The van der Waals surface area contributed by atoms with Crippen LogP contribution in [0.2, 0.25) is 5.02 Å². The summed E-state index contributed by atoms with van der Waals surface area (Å²) >= 11 is 8.77. The average molecular weight is 344 g/mol. The molecule has 2 rings (SSSR count). The minimum Gasteiger partial charge on any atom is -0.296 e. The van der Waals surface area contributed by atoms with Crippen LogP contribution in [0.25, 0.3) is 0 Å². The molecule has 0 aliphatic heterocycles. The minimum atomic E-state index is -0.483. The van der Waals surface area contributed by atoms with Crippen molar-refractivity contribution in [3.05, 3.63) is 57.4 Å². The van der Waals surface area contributed by atoms with Gasteiger partial charge in [0, 0.05) is 18.8 Å². The van der Waals surface area contributed by atoms with Crippen molar-refractivity contribution in [3.8, 4) is 0 Å². The Bertz CT molecular complexity index is 619. The lowest BCUT2D eigenvalue weighted by atomic mass is 10.2. The first-order valence-corrected chi connectivity index (χ1v) is 6.51. The minimum absolute atomic E-state index is 0.250. The largest absolute Gasteiger partial charge is 0.296 e. The molecule has 6 heteroatoms. The highest BCUT2D eigenvalue weighted by atomic mass is 79.9. The Hall–Kier alpha value is -1.46. The van der Waals surface area contributed by atoms with Crippen LogP contribution in [0.4, 0.5) is 10.2 Å². The second-order valence-corrected chi connectivity index (χ2v) is 5.12. The summed E-state index contributed by atoms with van der Waals surface area (Å²) in [5, 5.41) is 0.485. The van der Waals surface area contributed by atoms with Crippen LogP contribution in [0.1, 0.15) is 10.4 Å². The summed E-state index contributed by atoms with van der Waals surface area (Å²) in [4.78, 5) is 17.5. The number of rotatable bonds is 2. The van der Waals surface area contributed by atoms with Crippen molar-refractivity contribution in [2.24, 2.45) is 0 Å². The Labute approximate surface area is 123 Å². The normalized spacial score (nSPS) is 10.3. The van der Waals surface area contributed by atoms with E-state index in [1.165, 1.54) is 23.2 Å². The Balaban J connectivity index is 2.28. The highest BCUT2D eigenvalue weighted by molar-refractivity contribution is 9.10. The lowest BCUT2D eigenvalue weighted by Gasteiger charge is -2.16. The molecule has 0 fully saturated rings. The van der Waals surface area contributed by atoms with Gasteiger partial charge in [-0.1, -0.05) is 11.6 Å². The quantitative estimate of drug-likeness (QED) is 0.828. The smallest absolute Gasteiger partial charge is 0.259 e. The molecule has 19 heavy (non-hydrogen) atoms. The van der Waals surface area contributed by atoms with Gasteiger partial charge in [0.15, 0.2) is 0 Å². The third-order valence-corrected chi connectivity index (χ3v) is 3.39. The fourth-order valence-electron chi connectivity index (χ4n) is 1.49. The van der Waals surface area contributed by atoms with E-state index in [4.69, 9.17) is 11.6 Å². The Kier molecular flexibility index (Phi) is 4.17. The van der Waals surface area contributed by atoms with Gasteiger partial charge in [-0.3, -0.25) is 9.69 Å². The maximum atomic E-state index is 13.4. The molecule has 0 atom stereocenters. The third kappa shape index (κ3) is 3.11. The van der Waals surface area contributed by atoms with Crippen molar-refractivity contribution in [2.75, 3.05) is 11.9 Å². The van der Waals surface area contributed by atoms with Gasteiger partial charge in [-0.2, -0.15) is 0 Å². The van der Waals surface area contributed by atoms with Gasteiger partial charge < -0.3 is 0 Å². The molecule has 1 amide bonds. The van der Waals surface area contributed by atoms with Crippen molar-refractivity contribution in [1.82, 2.24) is 4.98 Å².